The summed E-state index contributed by atoms with van der Waals surface area (Å²) in [6.45, 7) is 0. The van der Waals surface area contributed by atoms with Crippen LogP contribution in [-0.2, 0) is 11.2 Å². The number of aromatic nitrogens is 1. The third-order valence-electron chi connectivity index (χ3n) is 4.56. The van der Waals surface area contributed by atoms with E-state index in [4.69, 9.17) is 5.73 Å². The molecule has 1 aromatic heterocycles. The number of rotatable bonds is 4. The van der Waals surface area contributed by atoms with Crippen LogP contribution in [0.5, 0.6) is 5.75 Å². The van der Waals surface area contributed by atoms with Gasteiger partial charge in [-0.25, -0.2) is 4.98 Å². The van der Waals surface area contributed by atoms with Crippen molar-refractivity contribution in [2.75, 3.05) is 5.32 Å². The van der Waals surface area contributed by atoms with Gasteiger partial charge >= 0.3 is 0 Å². The quantitative estimate of drug-likeness (QED) is 0.385. The van der Waals surface area contributed by atoms with Gasteiger partial charge in [0.05, 0.1) is 22.8 Å². The first-order valence-electron chi connectivity index (χ1n) is 8.73. The molecule has 134 valence electrons. The summed E-state index contributed by atoms with van der Waals surface area (Å²) in [7, 11) is 0. The Balaban J connectivity index is 1.60. The maximum Gasteiger partial charge on any atom is 0.241 e. The third-order valence-corrected chi connectivity index (χ3v) is 4.56. The summed E-state index contributed by atoms with van der Waals surface area (Å²) < 4.78 is 0. The van der Waals surface area contributed by atoms with Crippen molar-refractivity contribution in [2.24, 2.45) is 5.73 Å². The van der Waals surface area contributed by atoms with Crippen molar-refractivity contribution in [1.29, 1.82) is 0 Å². The summed E-state index contributed by atoms with van der Waals surface area (Å²) in [4.78, 5) is 17.0. The van der Waals surface area contributed by atoms with Gasteiger partial charge in [-0.2, -0.15) is 0 Å². The Kier molecular flexibility index (Phi) is 4.44. The third kappa shape index (κ3) is 3.45. The molecule has 5 heteroatoms. The largest absolute Gasteiger partial charge is 0.505 e. The summed E-state index contributed by atoms with van der Waals surface area (Å²) in [5, 5.41) is 14.9. The van der Waals surface area contributed by atoms with Gasteiger partial charge in [-0.1, -0.05) is 48.5 Å². The zero-order chi connectivity index (χ0) is 18.8. The minimum Gasteiger partial charge on any atom is -0.505 e. The first-order chi connectivity index (χ1) is 13.1. The fourth-order valence-electron chi connectivity index (χ4n) is 3.12. The Morgan fingerprint density at radius 3 is 2.56 bits per heavy atom. The average Bonchev–Trinajstić information content (AvgIpc) is 2.69. The van der Waals surface area contributed by atoms with E-state index in [2.05, 4.69) is 10.3 Å². The molecule has 0 aliphatic rings. The molecule has 0 aliphatic heterocycles. The summed E-state index contributed by atoms with van der Waals surface area (Å²) in [5.74, 6) is -0.353. The SMILES string of the molecule is NC(Cc1ccccc1)C(=O)Nc1ccc2nc3ccccc3cc2c1O. The van der Waals surface area contributed by atoms with Gasteiger partial charge in [0.2, 0.25) is 5.91 Å². The molecule has 3 aromatic carbocycles. The molecule has 0 radical (unpaired) electrons. The highest BCUT2D eigenvalue weighted by Gasteiger charge is 2.17. The molecular formula is C22H19N3O2. The predicted molar refractivity (Wildman–Crippen MR) is 108 cm³/mol. The van der Waals surface area contributed by atoms with Crippen molar-refractivity contribution < 1.29 is 9.90 Å². The topological polar surface area (TPSA) is 88.2 Å². The number of hydrogen-bond donors (Lipinski definition) is 3. The van der Waals surface area contributed by atoms with Gasteiger partial charge in [-0.05, 0) is 36.2 Å². The molecular weight excluding hydrogens is 338 g/mol. The lowest BCUT2D eigenvalue weighted by molar-refractivity contribution is -0.117. The number of carbonyl (C=O) groups excluding carboxylic acids is 1. The molecule has 0 saturated heterocycles. The summed E-state index contributed by atoms with van der Waals surface area (Å²) in [6, 6.07) is 21.9. The molecule has 4 aromatic rings. The molecule has 1 heterocycles. The lowest BCUT2D eigenvalue weighted by Crippen LogP contribution is -2.37. The second-order valence-electron chi connectivity index (χ2n) is 6.49. The van der Waals surface area contributed by atoms with E-state index in [-0.39, 0.29) is 11.7 Å². The predicted octanol–water partition coefficient (Wildman–Crippen LogP) is 3.60. The number of phenolic OH excluding ortho intramolecular Hbond substituents is 1. The molecule has 1 amide bonds. The molecule has 4 N–H and O–H groups in total. The standard InChI is InChI=1S/C22H19N3O2/c23-17(12-14-6-2-1-3-7-14)22(27)25-20-11-10-19-16(21(20)26)13-15-8-4-5-9-18(15)24-19/h1-11,13,17,26H,12,23H2,(H,25,27). The fourth-order valence-corrected chi connectivity index (χ4v) is 3.12. The van der Waals surface area contributed by atoms with Crippen LogP contribution in [0.25, 0.3) is 21.8 Å². The van der Waals surface area contributed by atoms with Crippen molar-refractivity contribution in [2.45, 2.75) is 12.5 Å². The van der Waals surface area contributed by atoms with Crippen molar-refractivity contribution in [3.63, 3.8) is 0 Å². The van der Waals surface area contributed by atoms with Gasteiger partial charge in [0.1, 0.15) is 5.75 Å². The van der Waals surface area contributed by atoms with E-state index in [1.807, 2.05) is 60.7 Å². The number of carbonyl (C=O) groups is 1. The van der Waals surface area contributed by atoms with Crippen LogP contribution in [-0.4, -0.2) is 22.0 Å². The van der Waals surface area contributed by atoms with E-state index in [1.165, 1.54) is 0 Å². The number of hydrogen-bond acceptors (Lipinski definition) is 4. The second-order valence-corrected chi connectivity index (χ2v) is 6.49. The van der Waals surface area contributed by atoms with Gasteiger partial charge in [-0.15, -0.1) is 0 Å². The molecule has 5 nitrogen and oxygen atoms in total. The zero-order valence-corrected chi connectivity index (χ0v) is 14.6. The molecule has 27 heavy (non-hydrogen) atoms. The van der Waals surface area contributed by atoms with Crippen molar-refractivity contribution >= 4 is 33.4 Å². The Morgan fingerprint density at radius 2 is 1.74 bits per heavy atom. The Morgan fingerprint density at radius 1 is 1.00 bits per heavy atom. The van der Waals surface area contributed by atoms with Crippen LogP contribution >= 0.6 is 0 Å². The van der Waals surface area contributed by atoms with Crippen LogP contribution in [0.1, 0.15) is 5.56 Å². The van der Waals surface area contributed by atoms with Crippen LogP contribution in [0.15, 0.2) is 72.8 Å². The number of aromatic hydroxyl groups is 1. The number of nitrogens with one attached hydrogen (secondary N) is 1. The smallest absolute Gasteiger partial charge is 0.241 e. The Hall–Kier alpha value is -3.44. The van der Waals surface area contributed by atoms with Crippen LogP contribution in [0, 0.1) is 0 Å². The van der Waals surface area contributed by atoms with E-state index >= 15 is 0 Å². The summed E-state index contributed by atoms with van der Waals surface area (Å²) in [6.07, 6.45) is 0.424. The number of amides is 1. The highest BCUT2D eigenvalue weighted by Crippen LogP contribution is 2.33. The van der Waals surface area contributed by atoms with E-state index in [0.29, 0.717) is 23.0 Å². The normalized spacial score (nSPS) is 12.2. The molecule has 4 rings (SSSR count). The number of anilines is 1. The number of phenols is 1. The van der Waals surface area contributed by atoms with E-state index < -0.39 is 6.04 Å². The van der Waals surface area contributed by atoms with Crippen molar-refractivity contribution in [3.8, 4) is 5.75 Å². The van der Waals surface area contributed by atoms with Crippen LogP contribution in [0.2, 0.25) is 0 Å². The highest BCUT2D eigenvalue weighted by atomic mass is 16.3. The Bertz CT molecular complexity index is 1130. The monoisotopic (exact) mass is 357 g/mol. The molecule has 1 atom stereocenters. The number of nitrogens with zero attached hydrogens (tertiary/aromatic N) is 1. The molecule has 0 bridgehead atoms. The number of pyridine rings is 1. The molecule has 0 spiro atoms. The number of fused-ring (bicyclic) bond motifs is 2. The van der Waals surface area contributed by atoms with Crippen LogP contribution < -0.4 is 11.1 Å². The summed E-state index contributed by atoms with van der Waals surface area (Å²) in [5.41, 5.74) is 8.86. The van der Waals surface area contributed by atoms with Gasteiger partial charge in [0, 0.05) is 10.8 Å². The molecule has 0 fully saturated rings. The number of nitrogens with two attached hydrogens (primary N) is 1. The maximum atomic E-state index is 12.5. The minimum absolute atomic E-state index is 0.00832. The molecule has 0 aliphatic carbocycles. The molecule has 0 saturated carbocycles. The zero-order valence-electron chi connectivity index (χ0n) is 14.6. The van der Waals surface area contributed by atoms with E-state index in [0.717, 1.165) is 16.5 Å². The minimum atomic E-state index is -0.711. The van der Waals surface area contributed by atoms with E-state index in [1.54, 1.807) is 12.1 Å². The lowest BCUT2D eigenvalue weighted by Gasteiger charge is -2.14. The van der Waals surface area contributed by atoms with Crippen molar-refractivity contribution in [1.82, 2.24) is 4.98 Å². The first-order valence-corrected chi connectivity index (χ1v) is 8.73. The Labute approximate surface area is 156 Å². The number of para-hydroxylation sites is 1. The van der Waals surface area contributed by atoms with E-state index in [9.17, 15) is 9.90 Å². The lowest BCUT2D eigenvalue weighted by atomic mass is 10.1. The fraction of sp³-hybridized carbons (Fsp3) is 0.0909. The van der Waals surface area contributed by atoms with Crippen molar-refractivity contribution in [3.05, 3.63) is 78.4 Å². The van der Waals surface area contributed by atoms with Crippen LogP contribution in [0.3, 0.4) is 0 Å². The molecule has 1 unspecified atom stereocenters. The second kappa shape index (κ2) is 7.05. The van der Waals surface area contributed by atoms with Gasteiger partial charge in [0.25, 0.3) is 0 Å². The average molecular weight is 357 g/mol. The first kappa shape index (κ1) is 17.0. The van der Waals surface area contributed by atoms with Crippen LogP contribution in [0.4, 0.5) is 5.69 Å². The summed E-state index contributed by atoms with van der Waals surface area (Å²) >= 11 is 0. The van der Waals surface area contributed by atoms with Gasteiger partial charge < -0.3 is 16.2 Å². The maximum absolute atomic E-state index is 12.5. The highest BCUT2D eigenvalue weighted by molar-refractivity contribution is 6.03. The van der Waals surface area contributed by atoms with Gasteiger partial charge in [0.15, 0.2) is 0 Å². The number of benzene rings is 3. The van der Waals surface area contributed by atoms with Gasteiger partial charge in [-0.3, -0.25) is 4.79 Å².